The van der Waals surface area contributed by atoms with Gasteiger partial charge in [-0.2, -0.15) is 0 Å². The number of hydrogen-bond acceptors (Lipinski definition) is 4. The fraction of sp³-hybridized carbons (Fsp3) is 0.765. The molecule has 0 aromatic heterocycles. The first-order valence-electron chi connectivity index (χ1n) is 8.32. The van der Waals surface area contributed by atoms with E-state index < -0.39 is 23.8 Å². The Bertz CT molecular complexity index is 378. The van der Waals surface area contributed by atoms with E-state index in [1.165, 1.54) is 6.92 Å². The molecule has 0 radical (unpaired) electrons. The minimum Gasteiger partial charge on any atom is -0.550 e. The largest absolute Gasteiger partial charge is 1.00 e. The molecule has 3 atom stereocenters. The van der Waals surface area contributed by atoms with Crippen LogP contribution in [0, 0.1) is 11.8 Å². The van der Waals surface area contributed by atoms with Crippen molar-refractivity contribution in [2.75, 3.05) is 26.4 Å². The summed E-state index contributed by atoms with van der Waals surface area (Å²) in [5.74, 6) is -3.48. The SMILES string of the molecule is CC/C=C/CCCC[N+](CO)(CC(C)C(=O)[O-])CC(C)C(=O)O.[Li+]. The van der Waals surface area contributed by atoms with Gasteiger partial charge in [0.15, 0.2) is 6.73 Å². The summed E-state index contributed by atoms with van der Waals surface area (Å²) in [7, 11) is 0. The zero-order valence-electron chi connectivity index (χ0n) is 15.5. The van der Waals surface area contributed by atoms with Crippen molar-refractivity contribution in [3.05, 3.63) is 12.2 Å². The third kappa shape index (κ3) is 10.1. The molecule has 0 rings (SSSR count). The van der Waals surface area contributed by atoms with Gasteiger partial charge in [-0.05, 0) is 32.6 Å². The van der Waals surface area contributed by atoms with Crippen LogP contribution in [0.3, 0.4) is 0 Å². The van der Waals surface area contributed by atoms with Crippen LogP contribution in [0.5, 0.6) is 0 Å². The minimum absolute atomic E-state index is 0. The zero-order chi connectivity index (χ0) is 17.9. The quantitative estimate of drug-likeness (QED) is 0.133. The van der Waals surface area contributed by atoms with Crippen molar-refractivity contribution in [1.82, 2.24) is 0 Å². The Labute approximate surface area is 157 Å². The summed E-state index contributed by atoms with van der Waals surface area (Å²) in [6.07, 6.45) is 7.87. The molecule has 0 aliphatic heterocycles. The number of unbranched alkanes of at least 4 members (excludes halogenated alkanes) is 2. The van der Waals surface area contributed by atoms with E-state index in [9.17, 15) is 19.8 Å². The third-order valence-corrected chi connectivity index (χ3v) is 4.10. The Morgan fingerprint density at radius 2 is 1.71 bits per heavy atom. The van der Waals surface area contributed by atoms with Crippen LogP contribution in [-0.2, 0) is 9.59 Å². The van der Waals surface area contributed by atoms with E-state index in [1.807, 2.05) is 0 Å². The van der Waals surface area contributed by atoms with Crippen LogP contribution < -0.4 is 24.0 Å². The molecule has 134 valence electrons. The first-order chi connectivity index (χ1) is 10.8. The molecule has 0 saturated heterocycles. The van der Waals surface area contributed by atoms with Crippen molar-refractivity contribution in [3.63, 3.8) is 0 Å². The normalized spacial score (nSPS) is 16.2. The van der Waals surface area contributed by atoms with Gasteiger partial charge in [-0.3, -0.25) is 9.28 Å². The van der Waals surface area contributed by atoms with Gasteiger partial charge in [0.25, 0.3) is 0 Å². The van der Waals surface area contributed by atoms with E-state index in [4.69, 9.17) is 5.11 Å². The molecule has 6 nitrogen and oxygen atoms in total. The second-order valence-corrected chi connectivity index (χ2v) is 6.41. The van der Waals surface area contributed by atoms with Crippen LogP contribution in [0.2, 0.25) is 0 Å². The van der Waals surface area contributed by atoms with E-state index in [-0.39, 0.29) is 43.2 Å². The standard InChI is InChI=1S/C17H31NO5.Li/c1-4-5-6-7-8-9-10-18(13-19,11-14(2)16(20)21)12-15(3)17(22)23;/h5-6,14-15,19H,4,7-13H2,1-3H3,(H-,20,21,22,23);/q;+1/b6-5+;. The number of carboxylic acids is 2. The van der Waals surface area contributed by atoms with Crippen LogP contribution in [-0.4, -0.2) is 53.0 Å². The maximum atomic E-state index is 11.1. The molecule has 24 heavy (non-hydrogen) atoms. The Hall–Kier alpha value is -0.803. The zero-order valence-corrected chi connectivity index (χ0v) is 15.5. The molecular formula is C17H31LiNO5+. The average molecular weight is 336 g/mol. The van der Waals surface area contributed by atoms with Crippen LogP contribution in [0.25, 0.3) is 0 Å². The predicted molar refractivity (Wildman–Crippen MR) is 86.2 cm³/mol. The van der Waals surface area contributed by atoms with Crippen molar-refractivity contribution in [3.8, 4) is 0 Å². The number of allylic oxidation sites excluding steroid dienone is 2. The third-order valence-electron chi connectivity index (χ3n) is 4.10. The monoisotopic (exact) mass is 336 g/mol. The molecule has 2 N–H and O–H groups in total. The Morgan fingerprint density at radius 1 is 1.12 bits per heavy atom. The Balaban J connectivity index is 0. The van der Waals surface area contributed by atoms with Crippen molar-refractivity contribution in [2.24, 2.45) is 11.8 Å². The van der Waals surface area contributed by atoms with Crippen molar-refractivity contribution in [2.45, 2.75) is 46.5 Å². The predicted octanol–water partition coefficient (Wildman–Crippen LogP) is -2.00. The molecule has 0 fully saturated rings. The molecule has 0 aliphatic carbocycles. The molecule has 0 heterocycles. The molecule has 0 amide bonds. The van der Waals surface area contributed by atoms with Gasteiger partial charge in [0.2, 0.25) is 0 Å². The minimum atomic E-state index is -1.17. The molecule has 0 spiro atoms. The molecule has 7 heteroatoms. The first-order valence-corrected chi connectivity index (χ1v) is 8.32. The molecular weight excluding hydrogens is 305 g/mol. The van der Waals surface area contributed by atoms with Crippen LogP contribution in [0.15, 0.2) is 12.2 Å². The number of carbonyl (C=O) groups excluding carboxylic acids is 1. The summed E-state index contributed by atoms with van der Waals surface area (Å²) < 4.78 is 0.0834. The van der Waals surface area contributed by atoms with Crippen LogP contribution >= 0.6 is 0 Å². The summed E-state index contributed by atoms with van der Waals surface area (Å²) in [5, 5.41) is 30.0. The number of nitrogens with zero attached hydrogens (tertiary/aromatic N) is 1. The van der Waals surface area contributed by atoms with E-state index in [2.05, 4.69) is 19.1 Å². The van der Waals surface area contributed by atoms with Gasteiger partial charge in [-0.15, -0.1) is 0 Å². The number of quaternary nitrogens is 1. The summed E-state index contributed by atoms with van der Waals surface area (Å²) in [6, 6.07) is 0. The first kappa shape index (κ1) is 25.4. The van der Waals surface area contributed by atoms with Gasteiger partial charge < -0.3 is 20.1 Å². The van der Waals surface area contributed by atoms with Crippen LogP contribution in [0.1, 0.15) is 46.5 Å². The number of carboxylic acid groups (broad SMARTS) is 2. The number of rotatable bonds is 13. The summed E-state index contributed by atoms with van der Waals surface area (Å²) in [6.45, 7) is 5.88. The second-order valence-electron chi connectivity index (χ2n) is 6.41. The van der Waals surface area contributed by atoms with Crippen molar-refractivity contribution >= 4 is 11.9 Å². The molecule has 0 bridgehead atoms. The molecule has 0 aliphatic rings. The van der Waals surface area contributed by atoms with Gasteiger partial charge in [-0.1, -0.05) is 26.0 Å². The molecule has 0 aromatic rings. The fourth-order valence-corrected chi connectivity index (χ4v) is 2.75. The number of carbonyl (C=O) groups is 2. The smallest absolute Gasteiger partial charge is 0.550 e. The fourth-order valence-electron chi connectivity index (χ4n) is 2.75. The van der Waals surface area contributed by atoms with Gasteiger partial charge in [-0.25, -0.2) is 0 Å². The Morgan fingerprint density at radius 3 is 2.17 bits per heavy atom. The average Bonchev–Trinajstić information content (AvgIpc) is 2.50. The van der Waals surface area contributed by atoms with Crippen molar-refractivity contribution in [1.29, 1.82) is 0 Å². The van der Waals surface area contributed by atoms with Gasteiger partial charge >= 0.3 is 24.8 Å². The molecule has 0 aromatic carbocycles. The maximum absolute atomic E-state index is 11.1. The summed E-state index contributed by atoms with van der Waals surface area (Å²) in [4.78, 5) is 22.2. The van der Waals surface area contributed by atoms with E-state index in [0.29, 0.717) is 6.54 Å². The van der Waals surface area contributed by atoms with E-state index in [0.717, 1.165) is 25.7 Å². The second kappa shape index (κ2) is 13.5. The number of aliphatic hydroxyl groups is 1. The van der Waals surface area contributed by atoms with Gasteiger partial charge in [0, 0.05) is 11.9 Å². The summed E-state index contributed by atoms with van der Waals surface area (Å²) in [5.41, 5.74) is 0. The van der Waals surface area contributed by atoms with E-state index in [1.54, 1.807) is 6.92 Å². The van der Waals surface area contributed by atoms with Gasteiger partial charge in [0.05, 0.1) is 19.6 Å². The van der Waals surface area contributed by atoms with Gasteiger partial charge in [0.1, 0.15) is 5.92 Å². The number of hydrogen-bond donors (Lipinski definition) is 2. The number of aliphatic carboxylic acids is 2. The van der Waals surface area contributed by atoms with Crippen LogP contribution in [0.4, 0.5) is 0 Å². The van der Waals surface area contributed by atoms with E-state index >= 15 is 0 Å². The molecule has 3 unspecified atom stereocenters. The number of aliphatic hydroxyl groups excluding tert-OH is 1. The Kier molecular flexibility index (Phi) is 14.3. The maximum Gasteiger partial charge on any atom is 1.00 e. The topological polar surface area (TPSA) is 97.7 Å². The van der Waals surface area contributed by atoms with Crippen molar-refractivity contribution < 1.29 is 48.3 Å². The summed E-state index contributed by atoms with van der Waals surface area (Å²) >= 11 is 0. The molecule has 0 saturated carbocycles.